The minimum Gasteiger partial charge on any atom is -0.486 e. The van der Waals surface area contributed by atoms with Gasteiger partial charge in [0.25, 0.3) is 0 Å². The lowest BCUT2D eigenvalue weighted by Gasteiger charge is -2.21. The highest BCUT2D eigenvalue weighted by Crippen LogP contribution is 2.32. The van der Waals surface area contributed by atoms with Crippen molar-refractivity contribution in [3.63, 3.8) is 0 Å². The fourth-order valence-electron chi connectivity index (χ4n) is 2.68. The van der Waals surface area contributed by atoms with Crippen LogP contribution in [-0.2, 0) is 11.2 Å². The van der Waals surface area contributed by atoms with Crippen molar-refractivity contribution in [2.45, 2.75) is 25.8 Å². The maximum atomic E-state index is 12.2. The maximum Gasteiger partial charge on any atom is 0.220 e. The van der Waals surface area contributed by atoms with Crippen LogP contribution in [0.3, 0.4) is 0 Å². The highest BCUT2D eigenvalue weighted by molar-refractivity contribution is 6.31. The van der Waals surface area contributed by atoms with Crippen molar-refractivity contribution in [3.8, 4) is 11.5 Å². The number of carbonyl (C=O) groups is 1. The molecule has 2 aromatic carbocycles. The summed E-state index contributed by atoms with van der Waals surface area (Å²) >= 11 is 6.12. The summed E-state index contributed by atoms with van der Waals surface area (Å²) < 4.78 is 11.1. The molecule has 5 heteroatoms. The summed E-state index contributed by atoms with van der Waals surface area (Å²) in [6, 6.07) is 13.3. The molecule has 0 aromatic heterocycles. The van der Waals surface area contributed by atoms with E-state index in [1.54, 1.807) is 0 Å². The van der Waals surface area contributed by atoms with E-state index in [0.29, 0.717) is 31.1 Å². The van der Waals surface area contributed by atoms with Gasteiger partial charge in [0.15, 0.2) is 11.5 Å². The summed E-state index contributed by atoms with van der Waals surface area (Å²) in [5, 5.41) is 3.71. The van der Waals surface area contributed by atoms with Crippen molar-refractivity contribution >= 4 is 17.5 Å². The Morgan fingerprint density at radius 2 is 1.92 bits per heavy atom. The van der Waals surface area contributed by atoms with Crippen LogP contribution in [0.25, 0.3) is 0 Å². The Bertz CT molecular complexity index is 732. The molecule has 1 aliphatic rings. The summed E-state index contributed by atoms with van der Waals surface area (Å²) in [5.74, 6) is 1.48. The van der Waals surface area contributed by atoms with Crippen LogP contribution < -0.4 is 14.8 Å². The number of ether oxygens (including phenoxy) is 2. The van der Waals surface area contributed by atoms with Crippen molar-refractivity contribution in [1.82, 2.24) is 5.32 Å². The summed E-state index contributed by atoms with van der Waals surface area (Å²) in [4.78, 5) is 12.2. The normalized spacial score (nSPS) is 14.1. The second kappa shape index (κ2) is 7.58. The fraction of sp³-hybridized carbons (Fsp3) is 0.316. The molecule has 0 fully saturated rings. The molecule has 126 valence electrons. The molecule has 0 radical (unpaired) electrons. The molecule has 0 saturated carbocycles. The number of halogens is 1. The standard InChI is InChI=1S/C19H20ClNO3/c1-13(15-6-8-17-18(12-15)24-11-10-23-17)21-19(22)9-7-14-4-2-3-5-16(14)20/h2-6,8,12-13H,7,9-11H2,1H3,(H,21,22). The Morgan fingerprint density at radius 1 is 1.17 bits per heavy atom. The number of nitrogens with one attached hydrogen (secondary N) is 1. The van der Waals surface area contributed by atoms with Crippen LogP contribution in [0.15, 0.2) is 42.5 Å². The van der Waals surface area contributed by atoms with E-state index in [1.165, 1.54) is 0 Å². The van der Waals surface area contributed by atoms with Gasteiger partial charge in [-0.3, -0.25) is 4.79 Å². The van der Waals surface area contributed by atoms with Crippen LogP contribution in [0.5, 0.6) is 11.5 Å². The van der Waals surface area contributed by atoms with Crippen LogP contribution in [0.4, 0.5) is 0 Å². The molecular weight excluding hydrogens is 326 g/mol. The van der Waals surface area contributed by atoms with Gasteiger partial charge in [-0.25, -0.2) is 0 Å². The third kappa shape index (κ3) is 4.01. The molecule has 0 saturated heterocycles. The van der Waals surface area contributed by atoms with Gasteiger partial charge >= 0.3 is 0 Å². The smallest absolute Gasteiger partial charge is 0.220 e. The second-order valence-corrected chi connectivity index (χ2v) is 6.19. The topological polar surface area (TPSA) is 47.6 Å². The largest absolute Gasteiger partial charge is 0.486 e. The number of hydrogen-bond donors (Lipinski definition) is 1. The van der Waals surface area contributed by atoms with Gasteiger partial charge in [-0.15, -0.1) is 0 Å². The number of fused-ring (bicyclic) bond motifs is 1. The van der Waals surface area contributed by atoms with Gasteiger partial charge in [0.2, 0.25) is 5.91 Å². The molecule has 1 heterocycles. The van der Waals surface area contributed by atoms with Crippen LogP contribution >= 0.6 is 11.6 Å². The van der Waals surface area contributed by atoms with Crippen molar-refractivity contribution in [2.75, 3.05) is 13.2 Å². The Labute approximate surface area is 146 Å². The van der Waals surface area contributed by atoms with Crippen molar-refractivity contribution in [2.24, 2.45) is 0 Å². The number of benzene rings is 2. The van der Waals surface area contributed by atoms with Crippen molar-refractivity contribution in [3.05, 3.63) is 58.6 Å². The van der Waals surface area contributed by atoms with Gasteiger partial charge in [0, 0.05) is 11.4 Å². The van der Waals surface area contributed by atoms with E-state index in [9.17, 15) is 4.79 Å². The lowest BCUT2D eigenvalue weighted by molar-refractivity contribution is -0.121. The Kier molecular flexibility index (Phi) is 5.26. The van der Waals surface area contributed by atoms with Crippen LogP contribution in [0.2, 0.25) is 5.02 Å². The molecule has 1 atom stereocenters. The second-order valence-electron chi connectivity index (χ2n) is 5.78. The molecule has 0 aliphatic carbocycles. The summed E-state index contributed by atoms with van der Waals surface area (Å²) in [5.41, 5.74) is 1.98. The number of carbonyl (C=O) groups excluding carboxylic acids is 1. The molecule has 1 aliphatic heterocycles. The van der Waals surface area contributed by atoms with Crippen LogP contribution in [0, 0.1) is 0 Å². The average Bonchev–Trinajstić information content (AvgIpc) is 2.60. The van der Waals surface area contributed by atoms with Gasteiger partial charge in [-0.05, 0) is 42.7 Å². The van der Waals surface area contributed by atoms with Gasteiger partial charge in [0.1, 0.15) is 13.2 Å². The molecular formula is C19H20ClNO3. The van der Waals surface area contributed by atoms with Crippen LogP contribution in [-0.4, -0.2) is 19.1 Å². The Hall–Kier alpha value is -2.20. The Morgan fingerprint density at radius 3 is 2.71 bits per heavy atom. The van der Waals surface area contributed by atoms with Gasteiger partial charge < -0.3 is 14.8 Å². The van der Waals surface area contributed by atoms with E-state index in [1.807, 2.05) is 49.4 Å². The van der Waals surface area contributed by atoms with Gasteiger partial charge in [-0.2, -0.15) is 0 Å². The van der Waals surface area contributed by atoms with Crippen molar-refractivity contribution < 1.29 is 14.3 Å². The lowest BCUT2D eigenvalue weighted by atomic mass is 10.1. The zero-order chi connectivity index (χ0) is 16.9. The number of rotatable bonds is 5. The van der Waals surface area contributed by atoms with Crippen LogP contribution in [0.1, 0.15) is 30.5 Å². The first-order valence-electron chi connectivity index (χ1n) is 8.06. The molecule has 3 rings (SSSR count). The summed E-state index contributed by atoms with van der Waals surface area (Å²) in [6.45, 7) is 3.08. The number of aryl methyl sites for hydroxylation is 1. The first kappa shape index (κ1) is 16.7. The van der Waals surface area contributed by atoms with E-state index in [0.717, 1.165) is 22.6 Å². The highest BCUT2D eigenvalue weighted by atomic mass is 35.5. The van der Waals surface area contributed by atoms with Gasteiger partial charge in [-0.1, -0.05) is 35.9 Å². The first-order valence-corrected chi connectivity index (χ1v) is 8.43. The molecule has 4 nitrogen and oxygen atoms in total. The van der Waals surface area contributed by atoms with Gasteiger partial charge in [0.05, 0.1) is 6.04 Å². The molecule has 2 aromatic rings. The SMILES string of the molecule is CC(NC(=O)CCc1ccccc1Cl)c1ccc2c(c1)OCCO2. The molecule has 24 heavy (non-hydrogen) atoms. The zero-order valence-electron chi connectivity index (χ0n) is 13.5. The van der Waals surface area contributed by atoms with E-state index in [4.69, 9.17) is 21.1 Å². The number of amides is 1. The first-order chi connectivity index (χ1) is 11.6. The monoisotopic (exact) mass is 345 g/mol. The molecule has 0 bridgehead atoms. The summed E-state index contributed by atoms with van der Waals surface area (Å²) in [7, 11) is 0. The lowest BCUT2D eigenvalue weighted by Crippen LogP contribution is -2.27. The van der Waals surface area contributed by atoms with E-state index < -0.39 is 0 Å². The quantitative estimate of drug-likeness (QED) is 0.893. The molecule has 1 amide bonds. The van der Waals surface area contributed by atoms with E-state index >= 15 is 0 Å². The summed E-state index contributed by atoms with van der Waals surface area (Å²) in [6.07, 6.45) is 1.03. The van der Waals surface area contributed by atoms with E-state index in [-0.39, 0.29) is 11.9 Å². The predicted octanol–water partition coefficient (Wildman–Crippen LogP) is 3.92. The third-order valence-electron chi connectivity index (χ3n) is 4.02. The fourth-order valence-corrected chi connectivity index (χ4v) is 2.91. The minimum atomic E-state index is -0.0976. The molecule has 0 spiro atoms. The molecule has 1 N–H and O–H groups in total. The zero-order valence-corrected chi connectivity index (χ0v) is 14.3. The third-order valence-corrected chi connectivity index (χ3v) is 4.39. The Balaban J connectivity index is 1.57. The predicted molar refractivity (Wildman–Crippen MR) is 93.8 cm³/mol. The number of hydrogen-bond acceptors (Lipinski definition) is 3. The minimum absolute atomic E-state index is 0.00249. The maximum absolute atomic E-state index is 12.2. The van der Waals surface area contributed by atoms with Crippen molar-refractivity contribution in [1.29, 1.82) is 0 Å². The highest BCUT2D eigenvalue weighted by Gasteiger charge is 2.16. The average molecular weight is 346 g/mol. The molecule has 1 unspecified atom stereocenters. The van der Waals surface area contributed by atoms with E-state index in [2.05, 4.69) is 5.32 Å².